The molecule has 0 spiro atoms. The number of likely N-dealkylation sites (tertiary alicyclic amines) is 1. The normalized spacial score (nSPS) is 13.7. The number of anilines is 1. The molecule has 8 heteroatoms. The SMILES string of the molecule is COC(=O)N(NC(=O)c1c(CN2CC(O)C2)c(-c2ccccc2)nc2ccccc12)c1ccccc1. The number of rotatable bonds is 5. The molecule has 2 N–H and O–H groups in total. The summed E-state index contributed by atoms with van der Waals surface area (Å²) in [6.07, 6.45) is -1.10. The summed E-state index contributed by atoms with van der Waals surface area (Å²) >= 11 is 0. The van der Waals surface area contributed by atoms with Crippen LogP contribution in [0.4, 0.5) is 10.5 Å². The van der Waals surface area contributed by atoms with Crippen molar-refractivity contribution in [3.63, 3.8) is 0 Å². The van der Waals surface area contributed by atoms with Gasteiger partial charge in [-0.3, -0.25) is 15.1 Å². The Morgan fingerprint density at radius 3 is 2.31 bits per heavy atom. The quantitative estimate of drug-likeness (QED) is 0.418. The second-order valence-electron chi connectivity index (χ2n) is 8.63. The van der Waals surface area contributed by atoms with E-state index in [1.54, 1.807) is 24.3 Å². The number of benzene rings is 3. The van der Waals surface area contributed by atoms with E-state index in [4.69, 9.17) is 9.72 Å². The Morgan fingerprint density at radius 2 is 1.64 bits per heavy atom. The molecule has 1 aliphatic heterocycles. The highest BCUT2D eigenvalue weighted by atomic mass is 16.5. The summed E-state index contributed by atoms with van der Waals surface area (Å²) < 4.78 is 4.94. The molecule has 4 aromatic rings. The number of nitrogens with zero attached hydrogens (tertiary/aromatic N) is 3. The van der Waals surface area contributed by atoms with Gasteiger partial charge in [0.2, 0.25) is 0 Å². The highest BCUT2D eigenvalue weighted by Crippen LogP contribution is 2.32. The molecule has 2 heterocycles. The van der Waals surface area contributed by atoms with E-state index in [1.165, 1.54) is 7.11 Å². The largest absolute Gasteiger partial charge is 0.451 e. The van der Waals surface area contributed by atoms with Crippen molar-refractivity contribution in [2.45, 2.75) is 12.6 Å². The summed E-state index contributed by atoms with van der Waals surface area (Å²) in [7, 11) is 1.26. The molecule has 0 bridgehead atoms. The Labute approximate surface area is 208 Å². The van der Waals surface area contributed by atoms with E-state index in [0.29, 0.717) is 47.5 Å². The summed E-state index contributed by atoms with van der Waals surface area (Å²) in [6, 6.07) is 25.9. The van der Waals surface area contributed by atoms with Gasteiger partial charge >= 0.3 is 6.09 Å². The van der Waals surface area contributed by atoms with Crippen molar-refractivity contribution in [2.75, 3.05) is 25.2 Å². The van der Waals surface area contributed by atoms with E-state index >= 15 is 0 Å². The number of aromatic nitrogens is 1. The topological polar surface area (TPSA) is 95.0 Å². The molecule has 0 unspecified atom stereocenters. The van der Waals surface area contributed by atoms with E-state index in [0.717, 1.165) is 16.1 Å². The molecule has 0 radical (unpaired) electrons. The van der Waals surface area contributed by atoms with Gasteiger partial charge in [0.1, 0.15) is 0 Å². The summed E-state index contributed by atoms with van der Waals surface area (Å²) in [5, 5.41) is 11.6. The zero-order valence-corrected chi connectivity index (χ0v) is 19.8. The van der Waals surface area contributed by atoms with Gasteiger partial charge in [-0.15, -0.1) is 0 Å². The molecule has 0 saturated carbocycles. The zero-order chi connectivity index (χ0) is 25.1. The Bertz CT molecular complexity index is 1390. The van der Waals surface area contributed by atoms with E-state index in [1.807, 2.05) is 60.7 Å². The number of β-amino-alcohol motifs (C(OH)–C–C–N with tert-alkyl or cyclic N) is 1. The number of aliphatic hydroxyl groups excluding tert-OH is 1. The number of aliphatic hydroxyl groups is 1. The first-order chi connectivity index (χ1) is 17.5. The molecule has 0 atom stereocenters. The first-order valence-corrected chi connectivity index (χ1v) is 11.7. The maximum absolute atomic E-state index is 14.0. The monoisotopic (exact) mass is 482 g/mol. The lowest BCUT2D eigenvalue weighted by Gasteiger charge is -2.36. The van der Waals surface area contributed by atoms with Gasteiger partial charge in [0.05, 0.1) is 35.7 Å². The van der Waals surface area contributed by atoms with Crippen molar-refractivity contribution in [2.24, 2.45) is 0 Å². The van der Waals surface area contributed by atoms with Crippen molar-refractivity contribution >= 4 is 28.6 Å². The van der Waals surface area contributed by atoms with Crippen LogP contribution < -0.4 is 10.4 Å². The van der Waals surface area contributed by atoms with Crippen LogP contribution in [0.1, 0.15) is 15.9 Å². The Kier molecular flexibility index (Phi) is 6.62. The minimum Gasteiger partial charge on any atom is -0.451 e. The molecule has 1 fully saturated rings. The second kappa shape index (κ2) is 10.2. The number of fused-ring (bicyclic) bond motifs is 1. The first-order valence-electron chi connectivity index (χ1n) is 11.7. The van der Waals surface area contributed by atoms with Crippen molar-refractivity contribution < 1.29 is 19.4 Å². The molecule has 0 aliphatic carbocycles. The summed E-state index contributed by atoms with van der Waals surface area (Å²) in [6.45, 7) is 1.45. The van der Waals surface area contributed by atoms with Gasteiger partial charge in [0.15, 0.2) is 0 Å². The fourth-order valence-corrected chi connectivity index (χ4v) is 4.44. The fraction of sp³-hybridized carbons (Fsp3) is 0.179. The van der Waals surface area contributed by atoms with Crippen LogP contribution in [0.2, 0.25) is 0 Å². The molecule has 8 nitrogen and oxygen atoms in total. The minimum atomic E-state index is -0.719. The summed E-state index contributed by atoms with van der Waals surface area (Å²) in [5.74, 6) is -0.462. The molecule has 1 aromatic heterocycles. The van der Waals surface area contributed by atoms with Crippen molar-refractivity contribution in [3.05, 3.63) is 96.1 Å². The van der Waals surface area contributed by atoms with Gasteiger partial charge in [-0.05, 0) is 18.2 Å². The van der Waals surface area contributed by atoms with E-state index in [2.05, 4.69) is 10.3 Å². The summed E-state index contributed by atoms with van der Waals surface area (Å²) in [4.78, 5) is 33.6. The maximum Gasteiger partial charge on any atom is 0.433 e. The number of hydrogen-bond acceptors (Lipinski definition) is 6. The lowest BCUT2D eigenvalue weighted by molar-refractivity contribution is -0.00289. The lowest BCUT2D eigenvalue weighted by Crippen LogP contribution is -2.50. The van der Waals surface area contributed by atoms with Gasteiger partial charge in [0.25, 0.3) is 5.91 Å². The average Bonchev–Trinajstić information content (AvgIpc) is 2.90. The van der Waals surface area contributed by atoms with Gasteiger partial charge in [-0.1, -0.05) is 66.7 Å². The predicted octanol–water partition coefficient (Wildman–Crippen LogP) is 4.00. The van der Waals surface area contributed by atoms with Crippen molar-refractivity contribution in [1.82, 2.24) is 15.3 Å². The molecule has 2 amide bonds. The highest BCUT2D eigenvalue weighted by Gasteiger charge is 2.30. The van der Waals surface area contributed by atoms with Crippen LogP contribution in [0.25, 0.3) is 22.2 Å². The average molecular weight is 483 g/mol. The van der Waals surface area contributed by atoms with Gasteiger partial charge < -0.3 is 9.84 Å². The van der Waals surface area contributed by atoms with Gasteiger partial charge in [-0.25, -0.2) is 9.78 Å². The molecule has 3 aromatic carbocycles. The van der Waals surface area contributed by atoms with Crippen molar-refractivity contribution in [1.29, 1.82) is 0 Å². The molecule has 5 rings (SSSR count). The third kappa shape index (κ3) is 4.64. The third-order valence-corrected chi connectivity index (χ3v) is 6.17. The molecular weight excluding hydrogens is 456 g/mol. The minimum absolute atomic E-state index is 0.385. The Morgan fingerprint density at radius 1 is 1.00 bits per heavy atom. The number of carbonyl (C=O) groups is 2. The highest BCUT2D eigenvalue weighted by molar-refractivity contribution is 6.10. The van der Waals surface area contributed by atoms with Crippen LogP contribution in [0.15, 0.2) is 84.9 Å². The first kappa shape index (κ1) is 23.5. The zero-order valence-electron chi connectivity index (χ0n) is 19.8. The fourth-order valence-electron chi connectivity index (χ4n) is 4.44. The number of carbonyl (C=O) groups excluding carboxylic acids is 2. The number of nitrogens with one attached hydrogen (secondary N) is 1. The molecule has 182 valence electrons. The van der Waals surface area contributed by atoms with Crippen LogP contribution >= 0.6 is 0 Å². The van der Waals surface area contributed by atoms with E-state index in [-0.39, 0.29) is 6.10 Å². The standard InChI is InChI=1S/C28H26N4O4/c1-36-28(35)32(20-12-6-3-7-13-20)30-27(34)25-22-14-8-9-15-24(22)29-26(19-10-4-2-5-11-19)23(25)18-31-16-21(33)17-31/h2-15,21,33H,16-18H2,1H3,(H,30,34). The van der Waals surface area contributed by atoms with Crippen LogP contribution in [-0.4, -0.2) is 53.3 Å². The van der Waals surface area contributed by atoms with Crippen LogP contribution in [-0.2, 0) is 11.3 Å². The van der Waals surface area contributed by atoms with Crippen molar-refractivity contribution in [3.8, 4) is 11.3 Å². The number of methoxy groups -OCH3 is 1. The maximum atomic E-state index is 14.0. The number of amides is 2. The smallest absolute Gasteiger partial charge is 0.433 e. The van der Waals surface area contributed by atoms with E-state index < -0.39 is 12.0 Å². The molecule has 1 aliphatic rings. The third-order valence-electron chi connectivity index (χ3n) is 6.17. The number of hydrazine groups is 1. The number of pyridine rings is 1. The Hall–Kier alpha value is -4.27. The van der Waals surface area contributed by atoms with Crippen LogP contribution in [0.3, 0.4) is 0 Å². The van der Waals surface area contributed by atoms with Gasteiger partial charge in [0, 0.05) is 36.1 Å². The number of para-hydroxylation sites is 2. The van der Waals surface area contributed by atoms with Crippen LogP contribution in [0.5, 0.6) is 0 Å². The lowest BCUT2D eigenvalue weighted by atomic mass is 9.94. The predicted molar refractivity (Wildman–Crippen MR) is 137 cm³/mol. The van der Waals surface area contributed by atoms with Crippen LogP contribution in [0, 0.1) is 0 Å². The molecular formula is C28H26N4O4. The van der Waals surface area contributed by atoms with E-state index in [9.17, 15) is 14.7 Å². The number of ether oxygens (including phenoxy) is 1. The molecule has 1 saturated heterocycles. The Balaban J connectivity index is 1.66. The van der Waals surface area contributed by atoms with Gasteiger partial charge in [-0.2, -0.15) is 5.01 Å². The number of hydrogen-bond donors (Lipinski definition) is 2. The molecule has 36 heavy (non-hydrogen) atoms. The summed E-state index contributed by atoms with van der Waals surface area (Å²) in [5.41, 5.74) is 6.59. The second-order valence-corrected chi connectivity index (χ2v) is 8.63.